The molecule has 4 N–H and O–H groups in total. The van der Waals surface area contributed by atoms with Gasteiger partial charge in [-0.2, -0.15) is 5.10 Å². The van der Waals surface area contributed by atoms with Crippen LogP contribution in [0.1, 0.15) is 15.9 Å². The molecule has 19 heavy (non-hydrogen) atoms. The third kappa shape index (κ3) is 3.20. The van der Waals surface area contributed by atoms with Gasteiger partial charge < -0.3 is 11.1 Å². The van der Waals surface area contributed by atoms with Crippen molar-refractivity contribution in [2.24, 2.45) is 5.73 Å². The molecule has 0 fully saturated rings. The zero-order chi connectivity index (χ0) is 14.0. The number of hydrogen-bond donors (Lipinski definition) is 3. The zero-order valence-electron chi connectivity index (χ0n) is 9.41. The molecule has 0 saturated carbocycles. The van der Waals surface area contributed by atoms with Crippen LogP contribution in [0.25, 0.3) is 0 Å². The van der Waals surface area contributed by atoms with E-state index in [0.717, 1.165) is 4.47 Å². The van der Waals surface area contributed by atoms with Crippen LogP contribution >= 0.6 is 44.1 Å². The predicted octanol–water partition coefficient (Wildman–Crippen LogP) is 2.82. The first-order chi connectivity index (χ1) is 8.99. The van der Waals surface area contributed by atoms with Gasteiger partial charge in [-0.15, -0.1) is 0 Å². The maximum atomic E-state index is 12.2. The van der Waals surface area contributed by atoms with Crippen molar-refractivity contribution in [3.05, 3.63) is 44.5 Å². The van der Waals surface area contributed by atoms with Crippen molar-refractivity contribution >= 4 is 60.8 Å². The van der Waals surface area contributed by atoms with Gasteiger partial charge in [0.15, 0.2) is 0 Å². The highest BCUT2D eigenvalue weighted by Gasteiger charge is 2.15. The average molecular weight is 404 g/mol. The Morgan fingerprint density at radius 3 is 2.79 bits per heavy atom. The fourth-order valence-corrected chi connectivity index (χ4v) is 2.36. The summed E-state index contributed by atoms with van der Waals surface area (Å²) in [6.07, 6.45) is 1.47. The number of carbonyl (C=O) groups is 1. The van der Waals surface area contributed by atoms with Crippen molar-refractivity contribution in [1.29, 1.82) is 0 Å². The minimum atomic E-state index is -0.296. The quantitative estimate of drug-likeness (QED) is 0.688. The van der Waals surface area contributed by atoms with E-state index in [2.05, 4.69) is 47.4 Å². The van der Waals surface area contributed by atoms with Crippen molar-refractivity contribution in [1.82, 2.24) is 10.2 Å². The summed E-state index contributed by atoms with van der Waals surface area (Å²) in [5.74, 6) is 0.0827. The molecule has 0 atom stereocenters. The Balaban J connectivity index is 2.28. The number of benzene rings is 1. The molecule has 1 heterocycles. The largest absolute Gasteiger partial charge is 0.389 e. The van der Waals surface area contributed by atoms with E-state index in [1.807, 2.05) is 6.07 Å². The number of aromatic nitrogens is 2. The van der Waals surface area contributed by atoms with Gasteiger partial charge >= 0.3 is 0 Å². The molecular weight excluding hydrogens is 396 g/mol. The third-order valence-electron chi connectivity index (χ3n) is 2.32. The number of thiocarbonyl (C=S) groups is 1. The number of hydrogen-bond acceptors (Lipinski definition) is 3. The van der Waals surface area contributed by atoms with Crippen LogP contribution in [0.2, 0.25) is 0 Å². The number of aromatic amines is 1. The van der Waals surface area contributed by atoms with Crippen molar-refractivity contribution in [2.75, 3.05) is 5.32 Å². The molecule has 0 saturated heterocycles. The average Bonchev–Trinajstić information content (AvgIpc) is 2.80. The molecular formula is C11H8Br2N4OS. The van der Waals surface area contributed by atoms with Crippen LogP contribution in [0.5, 0.6) is 0 Å². The molecule has 0 radical (unpaired) electrons. The number of rotatable bonds is 3. The monoisotopic (exact) mass is 402 g/mol. The van der Waals surface area contributed by atoms with E-state index in [4.69, 9.17) is 18.0 Å². The highest BCUT2D eigenvalue weighted by Crippen LogP contribution is 2.23. The molecule has 0 aliphatic heterocycles. The van der Waals surface area contributed by atoms with Crippen LogP contribution in [0, 0.1) is 0 Å². The van der Waals surface area contributed by atoms with E-state index in [1.165, 1.54) is 6.20 Å². The molecule has 5 nitrogen and oxygen atoms in total. The first-order valence-corrected chi connectivity index (χ1v) is 7.08. The molecule has 0 aliphatic rings. The van der Waals surface area contributed by atoms with E-state index in [1.54, 1.807) is 12.1 Å². The van der Waals surface area contributed by atoms with Crippen LogP contribution in [-0.2, 0) is 0 Å². The van der Waals surface area contributed by atoms with E-state index in [0.29, 0.717) is 21.4 Å². The topological polar surface area (TPSA) is 83.8 Å². The second-order valence-corrected chi connectivity index (χ2v) is 5.81. The van der Waals surface area contributed by atoms with E-state index in [9.17, 15) is 4.79 Å². The fraction of sp³-hybridized carbons (Fsp3) is 0. The molecule has 1 aromatic carbocycles. The summed E-state index contributed by atoms with van der Waals surface area (Å²) in [4.78, 5) is 12.3. The van der Waals surface area contributed by atoms with Crippen LogP contribution in [0.15, 0.2) is 33.3 Å². The lowest BCUT2D eigenvalue weighted by atomic mass is 10.2. The molecule has 98 valence electrons. The van der Waals surface area contributed by atoms with Crippen molar-refractivity contribution in [3.8, 4) is 0 Å². The van der Waals surface area contributed by atoms with Gasteiger partial charge in [0.25, 0.3) is 5.91 Å². The summed E-state index contributed by atoms with van der Waals surface area (Å²) in [6.45, 7) is 0. The predicted molar refractivity (Wildman–Crippen MR) is 84.3 cm³/mol. The maximum absolute atomic E-state index is 12.2. The van der Waals surface area contributed by atoms with Crippen molar-refractivity contribution in [3.63, 3.8) is 0 Å². The number of anilines is 1. The molecule has 0 spiro atoms. The summed E-state index contributed by atoms with van der Waals surface area (Å²) < 4.78 is 1.49. The van der Waals surface area contributed by atoms with E-state index < -0.39 is 0 Å². The highest BCUT2D eigenvalue weighted by molar-refractivity contribution is 9.11. The molecule has 1 aromatic heterocycles. The minimum absolute atomic E-state index is 0.164. The Labute approximate surface area is 131 Å². The van der Waals surface area contributed by atoms with Crippen molar-refractivity contribution in [2.45, 2.75) is 0 Å². The number of H-pyrrole nitrogens is 1. The zero-order valence-corrected chi connectivity index (χ0v) is 13.4. The molecule has 0 unspecified atom stereocenters. The number of nitrogens with one attached hydrogen (secondary N) is 2. The normalized spacial score (nSPS) is 10.2. The molecule has 2 aromatic rings. The van der Waals surface area contributed by atoms with Crippen LogP contribution in [0.3, 0.4) is 0 Å². The number of carbonyl (C=O) groups excluding carboxylic acids is 1. The first kappa shape index (κ1) is 14.2. The fourth-order valence-electron chi connectivity index (χ4n) is 1.42. The minimum Gasteiger partial charge on any atom is -0.389 e. The second-order valence-electron chi connectivity index (χ2n) is 3.60. The Bertz CT molecular complexity index is 656. The summed E-state index contributed by atoms with van der Waals surface area (Å²) in [5.41, 5.74) is 6.51. The van der Waals surface area contributed by atoms with Crippen LogP contribution < -0.4 is 11.1 Å². The lowest BCUT2D eigenvalue weighted by Crippen LogP contribution is -2.17. The van der Waals surface area contributed by atoms with Gasteiger partial charge in [0.05, 0.1) is 17.3 Å². The Kier molecular flexibility index (Phi) is 4.33. The highest BCUT2D eigenvalue weighted by atomic mass is 79.9. The standard InChI is InChI=1S/C11H8Br2N4OS/c12-5-1-2-8(13)6(3-5)11(18)16-10-7(9(14)19)4-15-17-10/h1-4H,(H2,14,19)(H2,15,16,17,18). The SMILES string of the molecule is NC(=S)c1cn[nH]c1NC(=O)c1cc(Br)ccc1Br. The Morgan fingerprint density at radius 2 is 2.11 bits per heavy atom. The maximum Gasteiger partial charge on any atom is 0.258 e. The first-order valence-electron chi connectivity index (χ1n) is 5.08. The summed E-state index contributed by atoms with van der Waals surface area (Å²) in [5, 5.41) is 9.13. The van der Waals surface area contributed by atoms with Gasteiger partial charge in [-0.25, -0.2) is 0 Å². The third-order valence-corrected chi connectivity index (χ3v) is 3.72. The van der Waals surface area contributed by atoms with E-state index >= 15 is 0 Å². The second kappa shape index (κ2) is 5.81. The van der Waals surface area contributed by atoms with Gasteiger partial charge in [0, 0.05) is 8.95 Å². The van der Waals surface area contributed by atoms with Gasteiger partial charge in [-0.05, 0) is 34.1 Å². The summed E-state index contributed by atoms with van der Waals surface area (Å²) in [7, 11) is 0. The van der Waals surface area contributed by atoms with Gasteiger partial charge in [-0.1, -0.05) is 28.1 Å². The van der Waals surface area contributed by atoms with Crippen molar-refractivity contribution < 1.29 is 4.79 Å². The smallest absolute Gasteiger partial charge is 0.258 e. The Hall–Kier alpha value is -1.25. The number of halogens is 2. The molecule has 8 heteroatoms. The number of amides is 1. The lowest BCUT2D eigenvalue weighted by Gasteiger charge is -2.07. The molecule has 0 bridgehead atoms. The molecule has 2 rings (SSSR count). The van der Waals surface area contributed by atoms with Gasteiger partial charge in [0.1, 0.15) is 10.8 Å². The molecule has 1 amide bonds. The van der Waals surface area contributed by atoms with Gasteiger partial charge in [0.2, 0.25) is 0 Å². The number of nitrogens with zero attached hydrogens (tertiary/aromatic N) is 1. The molecule has 0 aliphatic carbocycles. The van der Waals surface area contributed by atoms with Gasteiger partial charge in [-0.3, -0.25) is 9.89 Å². The number of nitrogens with two attached hydrogens (primary N) is 1. The summed E-state index contributed by atoms with van der Waals surface area (Å²) >= 11 is 11.5. The lowest BCUT2D eigenvalue weighted by molar-refractivity contribution is 0.102. The van der Waals surface area contributed by atoms with E-state index in [-0.39, 0.29) is 10.9 Å². The Morgan fingerprint density at radius 1 is 1.37 bits per heavy atom. The summed E-state index contributed by atoms with van der Waals surface area (Å²) in [6, 6.07) is 5.31. The van der Waals surface area contributed by atoms with Crippen LogP contribution in [-0.4, -0.2) is 21.1 Å². The van der Waals surface area contributed by atoms with Crippen LogP contribution in [0.4, 0.5) is 5.82 Å².